The lowest BCUT2D eigenvalue weighted by Gasteiger charge is -2.18. The van der Waals surface area contributed by atoms with Gasteiger partial charge in [-0.2, -0.15) is 0 Å². The molecule has 15 heavy (non-hydrogen) atoms. The van der Waals surface area contributed by atoms with E-state index in [2.05, 4.69) is 26.1 Å². The summed E-state index contributed by atoms with van der Waals surface area (Å²) in [7, 11) is 0. The minimum Gasteiger partial charge on any atom is -0.312 e. The lowest BCUT2D eigenvalue weighted by molar-refractivity contribution is 0.379. The van der Waals surface area contributed by atoms with Gasteiger partial charge in [0.05, 0.1) is 0 Å². The molecule has 1 N–H and O–H groups in total. The fraction of sp³-hybridized carbons (Fsp3) is 0.500. The highest BCUT2D eigenvalue weighted by Crippen LogP contribution is 2.12. The van der Waals surface area contributed by atoms with E-state index >= 15 is 0 Å². The molecule has 0 unspecified atom stereocenters. The monoisotopic (exact) mass is 213 g/mol. The standard InChI is InChI=1S/C12H17F2N/c1-12(2,3)8-15-7-9-4-5-10(13)11(14)6-9/h4-6,15H,7-8H2,1-3H3. The van der Waals surface area contributed by atoms with Crippen LogP contribution in [-0.4, -0.2) is 6.54 Å². The molecule has 0 amide bonds. The Kier molecular flexibility index (Phi) is 3.80. The Bertz CT molecular complexity index is 329. The maximum Gasteiger partial charge on any atom is 0.159 e. The van der Waals surface area contributed by atoms with Gasteiger partial charge in [-0.15, -0.1) is 0 Å². The molecule has 0 bridgehead atoms. The van der Waals surface area contributed by atoms with E-state index in [4.69, 9.17) is 0 Å². The number of rotatable bonds is 3. The topological polar surface area (TPSA) is 12.0 Å². The van der Waals surface area contributed by atoms with Crippen LogP contribution in [0.1, 0.15) is 26.3 Å². The Morgan fingerprint density at radius 2 is 1.80 bits per heavy atom. The molecule has 0 atom stereocenters. The zero-order valence-electron chi connectivity index (χ0n) is 9.40. The van der Waals surface area contributed by atoms with E-state index in [0.717, 1.165) is 18.2 Å². The highest BCUT2D eigenvalue weighted by Gasteiger charge is 2.09. The van der Waals surface area contributed by atoms with Crippen LogP contribution >= 0.6 is 0 Å². The molecule has 1 aromatic carbocycles. The fourth-order valence-electron chi connectivity index (χ4n) is 1.23. The zero-order chi connectivity index (χ0) is 11.5. The van der Waals surface area contributed by atoms with Gasteiger partial charge < -0.3 is 5.32 Å². The highest BCUT2D eigenvalue weighted by molar-refractivity contribution is 5.17. The average molecular weight is 213 g/mol. The lowest BCUT2D eigenvalue weighted by Crippen LogP contribution is -2.26. The van der Waals surface area contributed by atoms with E-state index in [1.165, 1.54) is 6.07 Å². The van der Waals surface area contributed by atoms with E-state index in [0.29, 0.717) is 6.54 Å². The van der Waals surface area contributed by atoms with Crippen LogP contribution in [0.3, 0.4) is 0 Å². The maximum absolute atomic E-state index is 12.8. The number of halogens is 2. The minimum absolute atomic E-state index is 0.193. The van der Waals surface area contributed by atoms with Crippen molar-refractivity contribution < 1.29 is 8.78 Å². The van der Waals surface area contributed by atoms with Crippen molar-refractivity contribution in [3.8, 4) is 0 Å². The van der Waals surface area contributed by atoms with Gasteiger partial charge in [-0.3, -0.25) is 0 Å². The van der Waals surface area contributed by atoms with E-state index in [1.807, 2.05) is 0 Å². The summed E-state index contributed by atoms with van der Waals surface area (Å²) < 4.78 is 25.5. The van der Waals surface area contributed by atoms with Crippen LogP contribution in [0.4, 0.5) is 8.78 Å². The SMILES string of the molecule is CC(C)(C)CNCc1ccc(F)c(F)c1. The van der Waals surface area contributed by atoms with Gasteiger partial charge in [0, 0.05) is 13.1 Å². The van der Waals surface area contributed by atoms with Crippen LogP contribution in [-0.2, 0) is 6.54 Å². The molecule has 84 valence electrons. The van der Waals surface area contributed by atoms with Crippen LogP contribution in [0.15, 0.2) is 18.2 Å². The first-order valence-electron chi connectivity index (χ1n) is 5.03. The Balaban J connectivity index is 2.48. The summed E-state index contributed by atoms with van der Waals surface area (Å²) in [6, 6.07) is 3.97. The first-order valence-corrected chi connectivity index (χ1v) is 5.03. The summed E-state index contributed by atoms with van der Waals surface area (Å²) in [5, 5.41) is 3.20. The molecule has 3 heteroatoms. The summed E-state index contributed by atoms with van der Waals surface area (Å²) in [6.45, 7) is 7.75. The summed E-state index contributed by atoms with van der Waals surface area (Å²) in [6.07, 6.45) is 0. The Hall–Kier alpha value is -0.960. The molecule has 1 rings (SSSR count). The molecule has 1 nitrogen and oxygen atoms in total. The van der Waals surface area contributed by atoms with Crippen LogP contribution < -0.4 is 5.32 Å². The summed E-state index contributed by atoms with van der Waals surface area (Å²) in [5.74, 6) is -1.58. The average Bonchev–Trinajstić information content (AvgIpc) is 2.09. The molecule has 0 fully saturated rings. The quantitative estimate of drug-likeness (QED) is 0.813. The Morgan fingerprint density at radius 1 is 1.13 bits per heavy atom. The van der Waals surface area contributed by atoms with Crippen molar-refractivity contribution in [3.63, 3.8) is 0 Å². The molecule has 0 heterocycles. The molecule has 0 aromatic heterocycles. The smallest absolute Gasteiger partial charge is 0.159 e. The largest absolute Gasteiger partial charge is 0.312 e. The van der Waals surface area contributed by atoms with Gasteiger partial charge in [0.15, 0.2) is 11.6 Å². The Labute approximate surface area is 89.5 Å². The van der Waals surface area contributed by atoms with Crippen molar-refractivity contribution in [3.05, 3.63) is 35.4 Å². The highest BCUT2D eigenvalue weighted by atomic mass is 19.2. The van der Waals surface area contributed by atoms with Crippen molar-refractivity contribution >= 4 is 0 Å². The first-order chi connectivity index (χ1) is 6.88. The molecule has 0 aliphatic carbocycles. The molecule has 0 aliphatic rings. The van der Waals surface area contributed by atoms with Gasteiger partial charge >= 0.3 is 0 Å². The zero-order valence-corrected chi connectivity index (χ0v) is 9.40. The second-order valence-electron chi connectivity index (χ2n) is 4.91. The normalized spacial score (nSPS) is 11.8. The predicted molar refractivity (Wildman–Crippen MR) is 57.5 cm³/mol. The van der Waals surface area contributed by atoms with E-state index in [1.54, 1.807) is 6.07 Å². The first kappa shape index (κ1) is 12.1. The van der Waals surface area contributed by atoms with E-state index in [-0.39, 0.29) is 5.41 Å². The van der Waals surface area contributed by atoms with Gasteiger partial charge in [0.25, 0.3) is 0 Å². The minimum atomic E-state index is -0.797. The molecule has 0 saturated heterocycles. The molecular formula is C12H17F2N. The van der Waals surface area contributed by atoms with E-state index < -0.39 is 11.6 Å². The molecular weight excluding hydrogens is 196 g/mol. The number of hydrogen-bond acceptors (Lipinski definition) is 1. The lowest BCUT2D eigenvalue weighted by atomic mass is 9.97. The van der Waals surface area contributed by atoms with Crippen molar-refractivity contribution in [1.29, 1.82) is 0 Å². The molecule has 0 saturated carbocycles. The van der Waals surface area contributed by atoms with Crippen molar-refractivity contribution in [2.75, 3.05) is 6.54 Å². The molecule has 0 aliphatic heterocycles. The third kappa shape index (κ3) is 4.38. The van der Waals surface area contributed by atoms with Crippen molar-refractivity contribution in [1.82, 2.24) is 5.32 Å². The molecule has 0 radical (unpaired) electrons. The third-order valence-electron chi connectivity index (χ3n) is 1.97. The predicted octanol–water partition coefficient (Wildman–Crippen LogP) is 3.10. The van der Waals surface area contributed by atoms with E-state index in [9.17, 15) is 8.78 Å². The molecule has 1 aromatic rings. The number of nitrogens with one attached hydrogen (secondary N) is 1. The third-order valence-corrected chi connectivity index (χ3v) is 1.97. The second kappa shape index (κ2) is 4.71. The van der Waals surface area contributed by atoms with Crippen LogP contribution in [0.2, 0.25) is 0 Å². The Morgan fingerprint density at radius 3 is 2.33 bits per heavy atom. The van der Waals surface area contributed by atoms with Gasteiger partial charge in [0.1, 0.15) is 0 Å². The van der Waals surface area contributed by atoms with Crippen molar-refractivity contribution in [2.45, 2.75) is 27.3 Å². The van der Waals surface area contributed by atoms with Crippen LogP contribution in [0, 0.1) is 17.0 Å². The van der Waals surface area contributed by atoms with Gasteiger partial charge in [-0.05, 0) is 23.1 Å². The van der Waals surface area contributed by atoms with Gasteiger partial charge in [-0.1, -0.05) is 26.8 Å². The van der Waals surface area contributed by atoms with Crippen molar-refractivity contribution in [2.24, 2.45) is 5.41 Å². The fourth-order valence-corrected chi connectivity index (χ4v) is 1.23. The van der Waals surface area contributed by atoms with Crippen LogP contribution in [0.5, 0.6) is 0 Å². The number of benzene rings is 1. The van der Waals surface area contributed by atoms with Gasteiger partial charge in [-0.25, -0.2) is 8.78 Å². The van der Waals surface area contributed by atoms with Gasteiger partial charge in [0.2, 0.25) is 0 Å². The summed E-state index contributed by atoms with van der Waals surface area (Å²) in [4.78, 5) is 0. The summed E-state index contributed by atoms with van der Waals surface area (Å²) >= 11 is 0. The van der Waals surface area contributed by atoms with Crippen LogP contribution in [0.25, 0.3) is 0 Å². The maximum atomic E-state index is 12.8. The summed E-state index contributed by atoms with van der Waals surface area (Å²) in [5.41, 5.74) is 0.955. The second-order valence-corrected chi connectivity index (χ2v) is 4.91. The number of hydrogen-bond donors (Lipinski definition) is 1. The molecule has 0 spiro atoms.